The lowest BCUT2D eigenvalue weighted by Crippen LogP contribution is -2.27. The largest absolute Gasteiger partial charge is 0.369 e. The van der Waals surface area contributed by atoms with E-state index in [-0.39, 0.29) is 0 Å². The van der Waals surface area contributed by atoms with Crippen molar-refractivity contribution < 1.29 is 0 Å². The highest BCUT2D eigenvalue weighted by molar-refractivity contribution is 7.16. The number of hydrogen-bond donors (Lipinski definition) is 1. The van der Waals surface area contributed by atoms with Crippen LogP contribution in [0.3, 0.4) is 0 Å². The van der Waals surface area contributed by atoms with Crippen LogP contribution < -0.4 is 5.32 Å². The highest BCUT2D eigenvalue weighted by Gasteiger charge is 2.22. The molecule has 114 valence electrons. The Bertz CT molecular complexity index is 779. The molecular formula is C15H18N6S. The number of nitrogens with one attached hydrogen (secondary N) is 1. The van der Waals surface area contributed by atoms with Crippen LogP contribution in [0, 0.1) is 5.92 Å². The Balaban J connectivity index is 1.48. The van der Waals surface area contributed by atoms with Crippen molar-refractivity contribution in [3.8, 4) is 0 Å². The number of aryl methyl sites for hydroxylation is 2. The monoisotopic (exact) mass is 314 g/mol. The minimum Gasteiger partial charge on any atom is -0.369 e. The molecule has 1 atom stereocenters. The number of hydrogen-bond acceptors (Lipinski definition) is 6. The molecule has 6 nitrogen and oxygen atoms in total. The number of fused-ring (bicyclic) bond motifs is 2. The van der Waals surface area contributed by atoms with Gasteiger partial charge in [0.15, 0.2) is 0 Å². The molecule has 0 bridgehead atoms. The number of rotatable bonds is 4. The first-order chi connectivity index (χ1) is 10.8. The van der Waals surface area contributed by atoms with Gasteiger partial charge in [-0.1, -0.05) is 6.92 Å². The van der Waals surface area contributed by atoms with E-state index in [4.69, 9.17) is 0 Å². The van der Waals surface area contributed by atoms with Crippen molar-refractivity contribution in [3.63, 3.8) is 0 Å². The number of thiophene rings is 1. The molecule has 0 aliphatic carbocycles. The maximum Gasteiger partial charge on any atom is 0.138 e. The molecule has 1 unspecified atom stereocenters. The zero-order chi connectivity index (χ0) is 14.9. The van der Waals surface area contributed by atoms with Crippen LogP contribution in [-0.2, 0) is 19.4 Å². The van der Waals surface area contributed by atoms with E-state index in [1.54, 1.807) is 17.7 Å². The zero-order valence-corrected chi connectivity index (χ0v) is 13.3. The summed E-state index contributed by atoms with van der Waals surface area (Å²) in [6.45, 7) is 4.05. The van der Waals surface area contributed by atoms with Crippen LogP contribution in [0.5, 0.6) is 0 Å². The first-order valence-corrected chi connectivity index (χ1v) is 8.56. The fourth-order valence-corrected chi connectivity index (χ4v) is 3.78. The Labute approximate surface area is 132 Å². The highest BCUT2D eigenvalue weighted by Crippen LogP contribution is 2.25. The second kappa shape index (κ2) is 5.64. The van der Waals surface area contributed by atoms with Gasteiger partial charge in [-0.25, -0.2) is 9.97 Å². The van der Waals surface area contributed by atoms with Crippen LogP contribution in [0.4, 0.5) is 5.82 Å². The fraction of sp³-hybridized carbons (Fsp3) is 0.467. The molecule has 1 N–H and O–H groups in total. The first-order valence-electron chi connectivity index (χ1n) is 7.68. The summed E-state index contributed by atoms with van der Waals surface area (Å²) in [5, 5.41) is 15.2. The summed E-state index contributed by atoms with van der Waals surface area (Å²) in [5.41, 5.74) is 0. The first kappa shape index (κ1) is 13.6. The summed E-state index contributed by atoms with van der Waals surface area (Å²) >= 11 is 1.65. The van der Waals surface area contributed by atoms with Gasteiger partial charge in [-0.05, 0) is 23.8 Å². The molecule has 1 aliphatic rings. The third-order valence-corrected chi connectivity index (χ3v) is 5.08. The van der Waals surface area contributed by atoms with Gasteiger partial charge >= 0.3 is 0 Å². The summed E-state index contributed by atoms with van der Waals surface area (Å²) in [7, 11) is 0. The van der Waals surface area contributed by atoms with Crippen molar-refractivity contribution in [1.82, 2.24) is 24.7 Å². The maximum absolute atomic E-state index is 4.38. The van der Waals surface area contributed by atoms with Gasteiger partial charge < -0.3 is 9.88 Å². The van der Waals surface area contributed by atoms with Crippen LogP contribution in [0.1, 0.15) is 25.0 Å². The van der Waals surface area contributed by atoms with Crippen LogP contribution >= 0.6 is 11.3 Å². The average Bonchev–Trinajstić information content (AvgIpc) is 3.18. The molecule has 0 spiro atoms. The molecule has 0 saturated heterocycles. The van der Waals surface area contributed by atoms with Crippen molar-refractivity contribution in [2.24, 2.45) is 5.92 Å². The van der Waals surface area contributed by atoms with Crippen LogP contribution in [-0.4, -0.2) is 31.3 Å². The van der Waals surface area contributed by atoms with E-state index in [0.717, 1.165) is 60.0 Å². The zero-order valence-electron chi connectivity index (χ0n) is 12.5. The van der Waals surface area contributed by atoms with Crippen LogP contribution in [0.2, 0.25) is 0 Å². The molecule has 4 rings (SSSR count). The van der Waals surface area contributed by atoms with Crippen LogP contribution in [0.25, 0.3) is 10.2 Å². The molecule has 0 aromatic carbocycles. The standard InChI is InChI=1S/C15H18N6S/c1-2-12-19-20-13-4-3-10(8-21(12)13)7-16-14-11-5-6-22-15(11)18-9-17-14/h5-6,9-10H,2-4,7-8H2,1H3,(H,16,17,18). The van der Waals surface area contributed by atoms with E-state index in [0.29, 0.717) is 5.92 Å². The predicted molar refractivity (Wildman–Crippen MR) is 87.1 cm³/mol. The smallest absolute Gasteiger partial charge is 0.138 e. The topological polar surface area (TPSA) is 68.5 Å². The van der Waals surface area contributed by atoms with E-state index in [1.807, 2.05) is 0 Å². The van der Waals surface area contributed by atoms with E-state index in [9.17, 15) is 0 Å². The minimum atomic E-state index is 0.581. The lowest BCUT2D eigenvalue weighted by Gasteiger charge is -2.24. The van der Waals surface area contributed by atoms with Gasteiger partial charge in [-0.3, -0.25) is 0 Å². The Morgan fingerprint density at radius 1 is 1.36 bits per heavy atom. The summed E-state index contributed by atoms with van der Waals surface area (Å²) < 4.78 is 2.29. The van der Waals surface area contributed by atoms with Crippen molar-refractivity contribution in [1.29, 1.82) is 0 Å². The second-order valence-corrected chi connectivity index (χ2v) is 6.54. The number of nitrogens with zero attached hydrogens (tertiary/aromatic N) is 5. The Hall–Kier alpha value is -2.02. The summed E-state index contributed by atoms with van der Waals surface area (Å²) in [6, 6.07) is 2.08. The molecule has 7 heteroatoms. The van der Waals surface area contributed by atoms with Crippen molar-refractivity contribution in [3.05, 3.63) is 29.4 Å². The summed E-state index contributed by atoms with van der Waals surface area (Å²) in [4.78, 5) is 9.71. The maximum atomic E-state index is 4.38. The number of anilines is 1. The molecule has 0 radical (unpaired) electrons. The fourth-order valence-electron chi connectivity index (χ4n) is 3.05. The van der Waals surface area contributed by atoms with Crippen LogP contribution in [0.15, 0.2) is 17.8 Å². The Morgan fingerprint density at radius 2 is 2.32 bits per heavy atom. The van der Waals surface area contributed by atoms with Gasteiger partial charge in [0.2, 0.25) is 0 Å². The molecule has 1 aliphatic heterocycles. The molecule has 0 saturated carbocycles. The lowest BCUT2D eigenvalue weighted by molar-refractivity contribution is 0.374. The SMILES string of the molecule is CCc1nnc2n1CC(CNc1ncnc3sccc13)CC2. The third kappa shape index (κ3) is 2.35. The molecule has 22 heavy (non-hydrogen) atoms. The van der Waals surface area contributed by atoms with Gasteiger partial charge in [0, 0.05) is 25.9 Å². The van der Waals surface area contributed by atoms with E-state index in [1.165, 1.54) is 0 Å². The van der Waals surface area contributed by atoms with Gasteiger partial charge in [0.05, 0.1) is 5.39 Å². The summed E-state index contributed by atoms with van der Waals surface area (Å²) in [5.74, 6) is 3.76. The van der Waals surface area contributed by atoms with Gasteiger partial charge in [0.25, 0.3) is 0 Å². The minimum absolute atomic E-state index is 0.581. The van der Waals surface area contributed by atoms with Gasteiger partial charge in [-0.2, -0.15) is 0 Å². The summed E-state index contributed by atoms with van der Waals surface area (Å²) in [6.07, 6.45) is 4.73. The van der Waals surface area contributed by atoms with Gasteiger partial charge in [0.1, 0.15) is 28.6 Å². The predicted octanol–water partition coefficient (Wildman–Crippen LogP) is 2.52. The highest BCUT2D eigenvalue weighted by atomic mass is 32.1. The third-order valence-electron chi connectivity index (χ3n) is 4.26. The molecule has 0 fully saturated rings. The van der Waals surface area contributed by atoms with E-state index >= 15 is 0 Å². The van der Waals surface area contributed by atoms with Crippen molar-refractivity contribution in [2.45, 2.75) is 32.7 Å². The second-order valence-electron chi connectivity index (χ2n) is 5.64. The quantitative estimate of drug-likeness (QED) is 0.801. The Kier molecular flexibility index (Phi) is 3.49. The normalized spacial score (nSPS) is 17.6. The molecule has 0 amide bonds. The number of aromatic nitrogens is 5. The molecule has 3 aromatic heterocycles. The van der Waals surface area contributed by atoms with Crippen molar-refractivity contribution >= 4 is 27.4 Å². The lowest BCUT2D eigenvalue weighted by atomic mass is 9.99. The van der Waals surface area contributed by atoms with E-state index < -0.39 is 0 Å². The molecule has 3 aromatic rings. The average molecular weight is 314 g/mol. The van der Waals surface area contributed by atoms with E-state index in [2.05, 4.69) is 48.4 Å². The molecular weight excluding hydrogens is 296 g/mol. The Morgan fingerprint density at radius 3 is 3.23 bits per heavy atom. The molecule has 4 heterocycles. The van der Waals surface area contributed by atoms with Gasteiger partial charge in [-0.15, -0.1) is 21.5 Å². The van der Waals surface area contributed by atoms with Crippen molar-refractivity contribution in [2.75, 3.05) is 11.9 Å².